The van der Waals surface area contributed by atoms with Gasteiger partial charge in [0.15, 0.2) is 0 Å². The maximum Gasteiger partial charge on any atom is 0.113 e. The molecule has 0 heterocycles. The Labute approximate surface area is 62.4 Å². The van der Waals surface area contributed by atoms with Gasteiger partial charge in [-0.25, -0.2) is 0 Å². The van der Waals surface area contributed by atoms with Crippen LogP contribution in [-0.2, 0) is 0 Å². The van der Waals surface area contributed by atoms with E-state index >= 15 is 0 Å². The van der Waals surface area contributed by atoms with Crippen LogP contribution in [0.4, 0.5) is 0 Å². The van der Waals surface area contributed by atoms with E-state index in [9.17, 15) is 0 Å². The Morgan fingerprint density at radius 2 is 1.90 bits per heavy atom. The Bertz CT molecular complexity index is 127. The average Bonchev–Trinajstić information content (AvgIpc) is 1.88. The molecule has 58 valence electrons. The summed E-state index contributed by atoms with van der Waals surface area (Å²) in [5.41, 5.74) is 0. The first kappa shape index (κ1) is 9.14. The van der Waals surface area contributed by atoms with Crippen LogP contribution < -0.4 is 0 Å². The molecule has 0 saturated carbocycles. The molecule has 3 nitrogen and oxygen atoms in total. The van der Waals surface area contributed by atoms with E-state index in [0.29, 0.717) is 6.04 Å². The van der Waals surface area contributed by atoms with E-state index in [1.54, 1.807) is 12.6 Å². The van der Waals surface area contributed by atoms with Gasteiger partial charge < -0.3 is 4.90 Å². The van der Waals surface area contributed by atoms with Gasteiger partial charge >= 0.3 is 0 Å². The highest BCUT2D eigenvalue weighted by Crippen LogP contribution is 1.87. The quantitative estimate of drug-likeness (QED) is 0.331. The minimum Gasteiger partial charge on any atom is -0.362 e. The molecule has 0 bridgehead atoms. The Hall–Kier alpha value is -0.860. The summed E-state index contributed by atoms with van der Waals surface area (Å²) in [7, 11) is 1.97. The normalized spacial score (nSPS) is 12.1. The predicted molar refractivity (Wildman–Crippen MR) is 45.6 cm³/mol. The fourth-order valence-corrected chi connectivity index (χ4v) is 0.311. The molecule has 0 N–H and O–H groups in total. The summed E-state index contributed by atoms with van der Waals surface area (Å²) >= 11 is 0. The largest absolute Gasteiger partial charge is 0.362 e. The number of nitrogens with zero attached hydrogens (tertiary/aromatic N) is 3. The molecular weight excluding hydrogens is 126 g/mol. The van der Waals surface area contributed by atoms with Gasteiger partial charge in [-0.1, -0.05) is 0 Å². The second-order valence-electron chi connectivity index (χ2n) is 2.36. The summed E-state index contributed by atoms with van der Waals surface area (Å²) in [6, 6.07) is 0.482. The van der Waals surface area contributed by atoms with Crippen LogP contribution in [0.25, 0.3) is 0 Å². The molecule has 0 radical (unpaired) electrons. The molecule has 0 saturated heterocycles. The molecule has 0 atom stereocenters. The van der Waals surface area contributed by atoms with Crippen molar-refractivity contribution in [3.63, 3.8) is 0 Å². The van der Waals surface area contributed by atoms with Crippen molar-refractivity contribution >= 4 is 12.6 Å². The maximum atomic E-state index is 3.78. The SMILES string of the molecule is C/C=N\N=C/N(C)C(C)C. The predicted octanol–water partition coefficient (Wildman–Crippen LogP) is 1.36. The minimum atomic E-state index is 0.482. The summed E-state index contributed by atoms with van der Waals surface area (Å²) < 4.78 is 0. The molecule has 0 fully saturated rings. The van der Waals surface area contributed by atoms with E-state index in [0.717, 1.165) is 0 Å². The molecule has 0 aliphatic heterocycles. The Morgan fingerprint density at radius 1 is 1.30 bits per heavy atom. The van der Waals surface area contributed by atoms with Crippen molar-refractivity contribution in [1.29, 1.82) is 0 Å². The first-order valence-corrected chi connectivity index (χ1v) is 3.41. The van der Waals surface area contributed by atoms with Crippen molar-refractivity contribution < 1.29 is 0 Å². The molecule has 10 heavy (non-hydrogen) atoms. The lowest BCUT2D eigenvalue weighted by molar-refractivity contribution is 0.428. The first-order chi connectivity index (χ1) is 4.68. The molecule has 0 aromatic heterocycles. The van der Waals surface area contributed by atoms with E-state index < -0.39 is 0 Å². The van der Waals surface area contributed by atoms with Crippen LogP contribution in [0.5, 0.6) is 0 Å². The Kier molecular flexibility index (Phi) is 4.54. The Balaban J connectivity index is 3.66. The monoisotopic (exact) mass is 141 g/mol. The summed E-state index contributed by atoms with van der Waals surface area (Å²) in [5, 5.41) is 7.48. The summed E-state index contributed by atoms with van der Waals surface area (Å²) in [6.07, 6.45) is 3.37. The third-order valence-corrected chi connectivity index (χ3v) is 1.23. The number of hydrogen-bond donors (Lipinski definition) is 0. The minimum absolute atomic E-state index is 0.482. The molecule has 0 aromatic rings. The standard InChI is InChI=1S/C7H15N3/c1-5-8-9-6-10(4)7(2)3/h5-7H,1-4H3/b8-5-,9-6-. The van der Waals surface area contributed by atoms with Crippen LogP contribution in [0.1, 0.15) is 20.8 Å². The van der Waals surface area contributed by atoms with Gasteiger partial charge in [0.25, 0.3) is 0 Å². The first-order valence-electron chi connectivity index (χ1n) is 3.41. The van der Waals surface area contributed by atoms with Crippen molar-refractivity contribution in [2.24, 2.45) is 10.2 Å². The van der Waals surface area contributed by atoms with Gasteiger partial charge in [-0.3, -0.25) is 0 Å². The molecule has 0 amide bonds. The fraction of sp³-hybridized carbons (Fsp3) is 0.714. The molecular formula is C7H15N3. The van der Waals surface area contributed by atoms with Crippen molar-refractivity contribution in [3.05, 3.63) is 0 Å². The highest BCUT2D eigenvalue weighted by atomic mass is 15.3. The molecule has 0 rings (SSSR count). The van der Waals surface area contributed by atoms with E-state index in [4.69, 9.17) is 0 Å². The maximum absolute atomic E-state index is 3.78. The van der Waals surface area contributed by atoms with Crippen molar-refractivity contribution in [3.8, 4) is 0 Å². The molecule has 0 aromatic carbocycles. The second kappa shape index (κ2) is 4.97. The fourth-order valence-electron chi connectivity index (χ4n) is 0.311. The average molecular weight is 141 g/mol. The van der Waals surface area contributed by atoms with Crippen LogP contribution in [0, 0.1) is 0 Å². The number of hydrogen-bond acceptors (Lipinski definition) is 2. The van der Waals surface area contributed by atoms with Gasteiger partial charge in [0.1, 0.15) is 6.34 Å². The molecule has 0 spiro atoms. The highest BCUT2D eigenvalue weighted by molar-refractivity contribution is 5.58. The Morgan fingerprint density at radius 3 is 2.30 bits per heavy atom. The van der Waals surface area contributed by atoms with Gasteiger partial charge in [-0.15, -0.1) is 5.10 Å². The number of rotatable bonds is 3. The summed E-state index contributed by atoms with van der Waals surface area (Å²) in [5.74, 6) is 0. The smallest absolute Gasteiger partial charge is 0.113 e. The topological polar surface area (TPSA) is 28.0 Å². The molecule has 0 aliphatic rings. The second-order valence-corrected chi connectivity index (χ2v) is 2.36. The van der Waals surface area contributed by atoms with E-state index in [1.165, 1.54) is 0 Å². The lowest BCUT2D eigenvalue weighted by Gasteiger charge is -2.16. The molecule has 0 aliphatic carbocycles. The molecule has 0 unspecified atom stereocenters. The van der Waals surface area contributed by atoms with Gasteiger partial charge in [0, 0.05) is 19.3 Å². The third-order valence-electron chi connectivity index (χ3n) is 1.23. The lowest BCUT2D eigenvalue weighted by Crippen LogP contribution is -2.24. The lowest BCUT2D eigenvalue weighted by atomic mass is 10.4. The summed E-state index contributed by atoms with van der Waals surface area (Å²) in [4.78, 5) is 1.99. The highest BCUT2D eigenvalue weighted by Gasteiger charge is 1.94. The zero-order valence-electron chi connectivity index (χ0n) is 7.07. The van der Waals surface area contributed by atoms with Crippen molar-refractivity contribution in [2.45, 2.75) is 26.8 Å². The van der Waals surface area contributed by atoms with E-state index in [-0.39, 0.29) is 0 Å². The van der Waals surface area contributed by atoms with Gasteiger partial charge in [0.2, 0.25) is 0 Å². The van der Waals surface area contributed by atoms with E-state index in [2.05, 4.69) is 24.1 Å². The van der Waals surface area contributed by atoms with Crippen LogP contribution >= 0.6 is 0 Å². The zero-order chi connectivity index (χ0) is 7.98. The van der Waals surface area contributed by atoms with Crippen molar-refractivity contribution in [1.82, 2.24) is 4.90 Å². The van der Waals surface area contributed by atoms with Gasteiger partial charge in [0.05, 0.1) is 0 Å². The summed E-state index contributed by atoms with van der Waals surface area (Å²) in [6.45, 7) is 6.04. The molecule has 3 heteroatoms. The van der Waals surface area contributed by atoms with Crippen LogP contribution in [0.3, 0.4) is 0 Å². The van der Waals surface area contributed by atoms with Gasteiger partial charge in [-0.05, 0) is 20.8 Å². The van der Waals surface area contributed by atoms with Crippen molar-refractivity contribution in [2.75, 3.05) is 7.05 Å². The zero-order valence-corrected chi connectivity index (χ0v) is 7.07. The van der Waals surface area contributed by atoms with E-state index in [1.807, 2.05) is 18.9 Å². The van der Waals surface area contributed by atoms with Crippen LogP contribution in [0.15, 0.2) is 10.2 Å². The third kappa shape index (κ3) is 4.06. The van der Waals surface area contributed by atoms with Gasteiger partial charge in [-0.2, -0.15) is 5.10 Å². The van der Waals surface area contributed by atoms with Crippen LogP contribution in [0.2, 0.25) is 0 Å². The van der Waals surface area contributed by atoms with Crippen LogP contribution in [-0.4, -0.2) is 30.5 Å².